The van der Waals surface area contributed by atoms with E-state index < -0.39 is 0 Å². The van der Waals surface area contributed by atoms with Crippen molar-refractivity contribution in [1.82, 2.24) is 15.5 Å². The van der Waals surface area contributed by atoms with Crippen LogP contribution in [0.15, 0.2) is 27.7 Å². The molecule has 2 N–H and O–H groups in total. The summed E-state index contributed by atoms with van der Waals surface area (Å²) < 4.78 is 6.13. The number of carbonyl (C=O) groups excluding carboxylic acids is 1. The predicted octanol–water partition coefficient (Wildman–Crippen LogP) is 2.14. The fraction of sp³-hybridized carbons (Fsp3) is 0.529. The molecule has 132 valence electrons. The number of aliphatic imine (C=N–C) groups is 1. The van der Waals surface area contributed by atoms with Crippen molar-refractivity contribution in [3.05, 3.63) is 28.2 Å². The number of benzene rings is 1. The fourth-order valence-electron chi connectivity index (χ4n) is 2.56. The largest absolute Gasteiger partial charge is 0.496 e. The molecule has 24 heavy (non-hydrogen) atoms. The predicted molar refractivity (Wildman–Crippen MR) is 99.3 cm³/mol. The minimum Gasteiger partial charge on any atom is -0.496 e. The van der Waals surface area contributed by atoms with Gasteiger partial charge in [0.15, 0.2) is 5.96 Å². The Kier molecular flexibility index (Phi) is 7.36. The van der Waals surface area contributed by atoms with Crippen molar-refractivity contribution >= 4 is 27.8 Å². The summed E-state index contributed by atoms with van der Waals surface area (Å²) in [7, 11) is 1.64. The molecule has 2 rings (SSSR count). The molecule has 1 fully saturated rings. The van der Waals surface area contributed by atoms with E-state index in [1.54, 1.807) is 7.11 Å². The van der Waals surface area contributed by atoms with Gasteiger partial charge in [0.2, 0.25) is 5.91 Å². The molecule has 0 spiro atoms. The average Bonchev–Trinajstić information content (AvgIpc) is 3.12. The summed E-state index contributed by atoms with van der Waals surface area (Å²) in [5.74, 6) is 1.58. The molecule has 0 atom stereocenters. The van der Waals surface area contributed by atoms with Crippen LogP contribution in [-0.4, -0.2) is 50.1 Å². The molecular formula is C17H25BrN4O2. The van der Waals surface area contributed by atoms with E-state index >= 15 is 0 Å². The van der Waals surface area contributed by atoms with Gasteiger partial charge in [0.25, 0.3) is 0 Å². The summed E-state index contributed by atoms with van der Waals surface area (Å²) in [6.45, 7) is 5.29. The highest BCUT2D eigenvalue weighted by Crippen LogP contribution is 2.25. The Balaban J connectivity index is 1.92. The second-order valence-electron chi connectivity index (χ2n) is 5.61. The Morgan fingerprint density at radius 3 is 2.71 bits per heavy atom. The zero-order chi connectivity index (χ0) is 17.4. The van der Waals surface area contributed by atoms with Crippen molar-refractivity contribution in [3.8, 4) is 5.75 Å². The average molecular weight is 397 g/mol. The van der Waals surface area contributed by atoms with Gasteiger partial charge in [-0.2, -0.15) is 0 Å². The Morgan fingerprint density at radius 2 is 2.08 bits per heavy atom. The summed E-state index contributed by atoms with van der Waals surface area (Å²) in [5, 5.41) is 6.28. The number of methoxy groups -OCH3 is 1. The first kappa shape index (κ1) is 18.6. The van der Waals surface area contributed by atoms with E-state index in [1.807, 2.05) is 30.0 Å². The van der Waals surface area contributed by atoms with Crippen LogP contribution in [-0.2, 0) is 11.3 Å². The van der Waals surface area contributed by atoms with E-state index in [-0.39, 0.29) is 12.5 Å². The van der Waals surface area contributed by atoms with E-state index in [2.05, 4.69) is 31.6 Å². The molecule has 6 nitrogen and oxygen atoms in total. The smallest absolute Gasteiger partial charge is 0.241 e. The molecule has 0 saturated carbocycles. The Hall–Kier alpha value is -1.76. The highest BCUT2D eigenvalue weighted by molar-refractivity contribution is 9.10. The molecule has 1 amide bonds. The maximum absolute atomic E-state index is 12.1. The fourth-order valence-corrected chi connectivity index (χ4v) is 3.15. The van der Waals surface area contributed by atoms with Crippen LogP contribution < -0.4 is 15.4 Å². The van der Waals surface area contributed by atoms with E-state index in [9.17, 15) is 4.79 Å². The molecule has 1 saturated heterocycles. The van der Waals surface area contributed by atoms with Crippen molar-refractivity contribution < 1.29 is 9.53 Å². The van der Waals surface area contributed by atoms with Gasteiger partial charge in [-0.3, -0.25) is 4.79 Å². The van der Waals surface area contributed by atoms with Crippen LogP contribution >= 0.6 is 15.9 Å². The van der Waals surface area contributed by atoms with Crippen LogP contribution in [0, 0.1) is 0 Å². The first-order valence-corrected chi connectivity index (χ1v) is 9.05. The van der Waals surface area contributed by atoms with Gasteiger partial charge >= 0.3 is 0 Å². The Morgan fingerprint density at radius 1 is 1.33 bits per heavy atom. The molecule has 1 aromatic carbocycles. The molecule has 0 bridgehead atoms. The second kappa shape index (κ2) is 9.52. The van der Waals surface area contributed by atoms with Crippen molar-refractivity contribution in [3.63, 3.8) is 0 Å². The summed E-state index contributed by atoms with van der Waals surface area (Å²) in [6.07, 6.45) is 2.21. The summed E-state index contributed by atoms with van der Waals surface area (Å²) in [4.78, 5) is 18.5. The van der Waals surface area contributed by atoms with Crippen LogP contribution in [0.25, 0.3) is 0 Å². The zero-order valence-electron chi connectivity index (χ0n) is 14.3. The number of amides is 1. The molecule has 1 aliphatic heterocycles. The summed E-state index contributed by atoms with van der Waals surface area (Å²) in [6, 6.07) is 5.87. The highest BCUT2D eigenvalue weighted by atomic mass is 79.9. The second-order valence-corrected chi connectivity index (χ2v) is 6.46. The van der Waals surface area contributed by atoms with E-state index in [4.69, 9.17) is 4.74 Å². The number of ether oxygens (including phenoxy) is 1. The van der Waals surface area contributed by atoms with Gasteiger partial charge in [-0.15, -0.1) is 0 Å². The van der Waals surface area contributed by atoms with Gasteiger partial charge in [0.05, 0.1) is 24.7 Å². The molecule has 7 heteroatoms. The van der Waals surface area contributed by atoms with Gasteiger partial charge in [-0.25, -0.2) is 4.99 Å². The molecule has 1 heterocycles. The number of guanidine groups is 1. The standard InChI is InChI=1S/C17H25BrN4O2/c1-3-19-17(21-12-16(23)22-8-4-5-9-22)20-11-13-6-7-15(24-2)14(18)10-13/h6-7,10H,3-5,8-9,11-12H2,1-2H3,(H2,19,20,21). The number of hydrogen-bond acceptors (Lipinski definition) is 3. The van der Waals surface area contributed by atoms with Crippen LogP contribution in [0.1, 0.15) is 25.3 Å². The van der Waals surface area contributed by atoms with E-state index in [0.717, 1.165) is 48.3 Å². The molecule has 1 aromatic rings. The minimum absolute atomic E-state index is 0.130. The SMILES string of the molecule is CCNC(=NCc1ccc(OC)c(Br)c1)NCC(=O)N1CCCC1. The molecule has 0 radical (unpaired) electrons. The van der Waals surface area contributed by atoms with E-state index in [0.29, 0.717) is 12.5 Å². The molecule has 0 aromatic heterocycles. The number of likely N-dealkylation sites (tertiary alicyclic amines) is 1. The maximum Gasteiger partial charge on any atom is 0.241 e. The lowest BCUT2D eigenvalue weighted by Crippen LogP contribution is -2.44. The number of nitrogens with one attached hydrogen (secondary N) is 2. The number of hydrogen-bond donors (Lipinski definition) is 2. The lowest BCUT2D eigenvalue weighted by atomic mass is 10.2. The van der Waals surface area contributed by atoms with Crippen molar-refractivity contribution in [1.29, 1.82) is 0 Å². The van der Waals surface area contributed by atoms with Crippen LogP contribution in [0.5, 0.6) is 5.75 Å². The van der Waals surface area contributed by atoms with Gasteiger partial charge in [0, 0.05) is 19.6 Å². The number of rotatable bonds is 6. The monoisotopic (exact) mass is 396 g/mol. The lowest BCUT2D eigenvalue weighted by Gasteiger charge is -2.17. The highest BCUT2D eigenvalue weighted by Gasteiger charge is 2.17. The quantitative estimate of drug-likeness (QED) is 0.570. The summed E-state index contributed by atoms with van der Waals surface area (Å²) in [5.41, 5.74) is 1.06. The van der Waals surface area contributed by atoms with Crippen LogP contribution in [0.2, 0.25) is 0 Å². The first-order chi connectivity index (χ1) is 11.6. The Labute approximate surface area is 151 Å². The normalized spacial score (nSPS) is 14.6. The minimum atomic E-state index is 0.130. The number of nitrogens with zero attached hydrogens (tertiary/aromatic N) is 2. The maximum atomic E-state index is 12.1. The van der Waals surface area contributed by atoms with Crippen molar-refractivity contribution in [2.75, 3.05) is 33.3 Å². The third kappa shape index (κ3) is 5.40. The molecular weight excluding hydrogens is 372 g/mol. The lowest BCUT2D eigenvalue weighted by molar-refractivity contribution is -0.128. The van der Waals surface area contributed by atoms with Gasteiger partial charge in [0.1, 0.15) is 5.75 Å². The van der Waals surface area contributed by atoms with Crippen molar-refractivity contribution in [2.24, 2.45) is 4.99 Å². The number of halogens is 1. The summed E-state index contributed by atoms with van der Waals surface area (Å²) >= 11 is 3.48. The Bertz CT molecular complexity index is 586. The van der Waals surface area contributed by atoms with Crippen molar-refractivity contribution in [2.45, 2.75) is 26.3 Å². The van der Waals surface area contributed by atoms with Gasteiger partial charge in [-0.1, -0.05) is 6.07 Å². The molecule has 0 aliphatic carbocycles. The number of carbonyl (C=O) groups is 1. The topological polar surface area (TPSA) is 66.0 Å². The van der Waals surface area contributed by atoms with E-state index in [1.165, 1.54) is 0 Å². The van der Waals surface area contributed by atoms with Gasteiger partial charge < -0.3 is 20.3 Å². The zero-order valence-corrected chi connectivity index (χ0v) is 15.9. The molecule has 1 aliphatic rings. The molecule has 0 unspecified atom stereocenters. The van der Waals surface area contributed by atoms with Gasteiger partial charge in [-0.05, 0) is 53.4 Å². The first-order valence-electron chi connectivity index (χ1n) is 8.26. The van der Waals surface area contributed by atoms with Crippen LogP contribution in [0.3, 0.4) is 0 Å². The third-order valence-electron chi connectivity index (χ3n) is 3.85. The van der Waals surface area contributed by atoms with Crippen LogP contribution in [0.4, 0.5) is 0 Å². The third-order valence-corrected chi connectivity index (χ3v) is 4.47.